The second-order valence-electron chi connectivity index (χ2n) is 7.62. The number of amides is 1. The zero-order chi connectivity index (χ0) is 21.1. The number of para-hydroxylation sites is 1. The summed E-state index contributed by atoms with van der Waals surface area (Å²) in [5, 5.41) is 5.05. The van der Waals surface area contributed by atoms with E-state index in [2.05, 4.69) is 16.9 Å². The quantitative estimate of drug-likeness (QED) is 0.584. The first-order chi connectivity index (χ1) is 14.6. The molecule has 158 valence electrons. The molecular weight excluding hydrogens is 400 g/mol. The van der Waals surface area contributed by atoms with Crippen LogP contribution in [-0.4, -0.2) is 62.1 Å². The Morgan fingerprint density at radius 3 is 2.67 bits per heavy atom. The number of nitrogens with zero attached hydrogens (tertiary/aromatic N) is 6. The van der Waals surface area contributed by atoms with E-state index in [0.717, 1.165) is 54.2 Å². The molecule has 30 heavy (non-hydrogen) atoms. The van der Waals surface area contributed by atoms with Gasteiger partial charge >= 0.3 is 0 Å². The van der Waals surface area contributed by atoms with Gasteiger partial charge in [0.25, 0.3) is 0 Å². The van der Waals surface area contributed by atoms with Crippen molar-refractivity contribution in [2.75, 3.05) is 31.1 Å². The summed E-state index contributed by atoms with van der Waals surface area (Å²) < 4.78 is 1.88. The summed E-state index contributed by atoms with van der Waals surface area (Å²) in [6.45, 7) is 6.75. The van der Waals surface area contributed by atoms with E-state index in [9.17, 15) is 4.79 Å². The average molecular weight is 427 g/mol. The number of carbonyl (C=O) groups is 1. The van der Waals surface area contributed by atoms with E-state index in [0.29, 0.717) is 19.6 Å². The zero-order valence-electron chi connectivity index (χ0n) is 17.5. The Bertz CT molecular complexity index is 1020. The van der Waals surface area contributed by atoms with Crippen molar-refractivity contribution in [1.29, 1.82) is 0 Å². The topological polar surface area (TPSA) is 67.2 Å². The van der Waals surface area contributed by atoms with Gasteiger partial charge in [0, 0.05) is 32.6 Å². The van der Waals surface area contributed by atoms with Crippen LogP contribution in [-0.2, 0) is 11.2 Å². The summed E-state index contributed by atoms with van der Waals surface area (Å²) in [6.07, 6.45) is 4.50. The molecule has 3 aromatic rings. The third kappa shape index (κ3) is 4.12. The van der Waals surface area contributed by atoms with Crippen LogP contribution >= 0.6 is 11.6 Å². The summed E-state index contributed by atoms with van der Waals surface area (Å²) in [6, 6.07) is 10.0. The van der Waals surface area contributed by atoms with E-state index in [1.54, 1.807) is 6.92 Å². The summed E-state index contributed by atoms with van der Waals surface area (Å²) in [5.74, 6) is 1.72. The Morgan fingerprint density at radius 2 is 1.93 bits per heavy atom. The molecule has 1 saturated heterocycles. The number of anilines is 1. The lowest BCUT2D eigenvalue weighted by Gasteiger charge is -2.24. The van der Waals surface area contributed by atoms with Crippen LogP contribution in [0.15, 0.2) is 36.5 Å². The van der Waals surface area contributed by atoms with Gasteiger partial charge in [0.1, 0.15) is 17.0 Å². The Labute approximate surface area is 181 Å². The van der Waals surface area contributed by atoms with Crippen molar-refractivity contribution in [2.45, 2.75) is 38.5 Å². The number of rotatable bonds is 5. The Kier molecular flexibility index (Phi) is 6.18. The smallest absolute Gasteiger partial charge is 0.240 e. The fourth-order valence-corrected chi connectivity index (χ4v) is 4.01. The summed E-state index contributed by atoms with van der Waals surface area (Å²) in [7, 11) is 0. The van der Waals surface area contributed by atoms with Gasteiger partial charge in [0.15, 0.2) is 5.65 Å². The highest BCUT2D eigenvalue weighted by Crippen LogP contribution is 2.27. The van der Waals surface area contributed by atoms with Crippen molar-refractivity contribution < 1.29 is 4.79 Å². The number of aryl methyl sites for hydroxylation is 1. The number of carbonyl (C=O) groups excluding carboxylic acids is 1. The molecule has 1 fully saturated rings. The van der Waals surface area contributed by atoms with Crippen molar-refractivity contribution in [3.05, 3.63) is 42.4 Å². The molecule has 8 heteroatoms. The highest BCUT2D eigenvalue weighted by molar-refractivity contribution is 6.30. The first kappa shape index (κ1) is 20.6. The van der Waals surface area contributed by atoms with Crippen molar-refractivity contribution in [1.82, 2.24) is 24.6 Å². The lowest BCUT2D eigenvalue weighted by atomic mass is 10.2. The number of fused-ring (bicyclic) bond motifs is 1. The molecule has 0 N–H and O–H groups in total. The monoisotopic (exact) mass is 426 g/mol. The first-order valence-electron chi connectivity index (χ1n) is 10.6. The largest absolute Gasteiger partial charge is 0.354 e. The summed E-state index contributed by atoms with van der Waals surface area (Å²) in [4.78, 5) is 26.2. The second-order valence-corrected chi connectivity index (χ2v) is 8.28. The minimum absolute atomic E-state index is 0.00470. The maximum Gasteiger partial charge on any atom is 0.240 e. The Morgan fingerprint density at radius 1 is 1.13 bits per heavy atom. The van der Waals surface area contributed by atoms with Crippen molar-refractivity contribution in [3.8, 4) is 5.69 Å². The molecule has 2 aromatic heterocycles. The molecule has 1 aromatic carbocycles. The normalized spacial score (nSPS) is 16.0. The van der Waals surface area contributed by atoms with Gasteiger partial charge in [-0.1, -0.05) is 25.1 Å². The highest BCUT2D eigenvalue weighted by atomic mass is 35.5. The van der Waals surface area contributed by atoms with Crippen LogP contribution in [0.25, 0.3) is 16.7 Å². The fourth-order valence-electron chi connectivity index (χ4n) is 3.87. The number of hydrogen-bond acceptors (Lipinski definition) is 5. The number of alkyl halides is 1. The van der Waals surface area contributed by atoms with E-state index in [4.69, 9.17) is 21.6 Å². The molecule has 0 radical (unpaired) electrons. The molecule has 0 spiro atoms. The van der Waals surface area contributed by atoms with Crippen LogP contribution in [0.5, 0.6) is 0 Å². The molecule has 3 heterocycles. The van der Waals surface area contributed by atoms with Crippen molar-refractivity contribution in [3.63, 3.8) is 0 Å². The average Bonchev–Trinajstić information content (AvgIpc) is 3.02. The van der Waals surface area contributed by atoms with Crippen molar-refractivity contribution in [2.24, 2.45) is 0 Å². The maximum atomic E-state index is 12.3. The second kappa shape index (κ2) is 9.00. The van der Waals surface area contributed by atoms with E-state index >= 15 is 0 Å². The fraction of sp³-hybridized carbons (Fsp3) is 0.455. The van der Waals surface area contributed by atoms with Gasteiger partial charge in [0.2, 0.25) is 5.91 Å². The summed E-state index contributed by atoms with van der Waals surface area (Å²) >= 11 is 6.03. The molecule has 0 bridgehead atoms. The first-order valence-corrected chi connectivity index (χ1v) is 11.0. The number of hydrogen-bond donors (Lipinski definition) is 0. The molecular formula is C22H27ClN6O. The third-order valence-electron chi connectivity index (χ3n) is 5.38. The predicted octanol–water partition coefficient (Wildman–Crippen LogP) is 3.43. The molecule has 0 aliphatic carbocycles. The highest BCUT2D eigenvalue weighted by Gasteiger charge is 2.25. The van der Waals surface area contributed by atoms with Gasteiger partial charge < -0.3 is 9.80 Å². The number of aromatic nitrogens is 4. The van der Waals surface area contributed by atoms with Crippen LogP contribution in [0.1, 0.15) is 32.5 Å². The van der Waals surface area contributed by atoms with Crippen molar-refractivity contribution >= 4 is 34.4 Å². The maximum absolute atomic E-state index is 12.3. The minimum atomic E-state index is -0.498. The van der Waals surface area contributed by atoms with Gasteiger partial charge in [-0.15, -0.1) is 11.6 Å². The van der Waals surface area contributed by atoms with Crippen LogP contribution in [0, 0.1) is 0 Å². The van der Waals surface area contributed by atoms with Gasteiger partial charge in [-0.25, -0.2) is 14.6 Å². The predicted molar refractivity (Wildman–Crippen MR) is 119 cm³/mol. The molecule has 4 rings (SSSR count). The molecule has 0 unspecified atom stereocenters. The Balaban J connectivity index is 1.71. The lowest BCUT2D eigenvalue weighted by Crippen LogP contribution is -2.38. The van der Waals surface area contributed by atoms with E-state index in [1.165, 1.54) is 0 Å². The van der Waals surface area contributed by atoms with Gasteiger partial charge in [-0.2, -0.15) is 5.10 Å². The van der Waals surface area contributed by atoms with Gasteiger partial charge in [0.05, 0.1) is 17.3 Å². The molecule has 7 nitrogen and oxygen atoms in total. The molecule has 1 amide bonds. The standard InChI is InChI=1S/C22H27ClN6O/c1-3-8-19-25-20(27-11-7-12-28(14-13-27)22(30)16(2)23)18-15-24-29(21(18)26-19)17-9-5-4-6-10-17/h4-6,9-10,15-16H,3,7-8,11-14H2,1-2H3/t16-/m1/s1. The number of benzene rings is 1. The van der Waals surface area contributed by atoms with Gasteiger partial charge in [-0.3, -0.25) is 4.79 Å². The van der Waals surface area contributed by atoms with E-state index < -0.39 is 5.38 Å². The molecule has 0 saturated carbocycles. The van der Waals surface area contributed by atoms with Crippen LogP contribution in [0.2, 0.25) is 0 Å². The number of halogens is 1. The van der Waals surface area contributed by atoms with Crippen LogP contribution < -0.4 is 4.90 Å². The SMILES string of the molecule is CCCc1nc(N2CCCN(C(=O)[C@@H](C)Cl)CC2)c2cnn(-c3ccccc3)c2n1. The lowest BCUT2D eigenvalue weighted by molar-refractivity contribution is -0.130. The van der Waals surface area contributed by atoms with Crippen LogP contribution in [0.3, 0.4) is 0 Å². The zero-order valence-corrected chi connectivity index (χ0v) is 18.2. The summed E-state index contributed by atoms with van der Waals surface area (Å²) in [5.41, 5.74) is 1.80. The van der Waals surface area contributed by atoms with E-state index in [-0.39, 0.29) is 5.91 Å². The van der Waals surface area contributed by atoms with Crippen LogP contribution in [0.4, 0.5) is 5.82 Å². The minimum Gasteiger partial charge on any atom is -0.354 e. The Hall–Kier alpha value is -2.67. The third-order valence-corrected chi connectivity index (χ3v) is 5.56. The molecule has 1 aliphatic rings. The molecule has 1 aliphatic heterocycles. The van der Waals surface area contributed by atoms with Gasteiger partial charge in [-0.05, 0) is 31.9 Å². The molecule has 1 atom stereocenters. The van der Waals surface area contributed by atoms with E-state index in [1.807, 2.05) is 46.1 Å².